The van der Waals surface area contributed by atoms with Gasteiger partial charge in [-0.25, -0.2) is 4.98 Å². The number of nitrogens with zero attached hydrogens (tertiary/aromatic N) is 2. The van der Waals surface area contributed by atoms with Gasteiger partial charge >= 0.3 is 0 Å². The van der Waals surface area contributed by atoms with Crippen molar-refractivity contribution in [1.82, 2.24) is 4.98 Å². The van der Waals surface area contributed by atoms with Gasteiger partial charge in [0.2, 0.25) is 5.91 Å². The highest BCUT2D eigenvalue weighted by molar-refractivity contribution is 7.16. The minimum absolute atomic E-state index is 0.110. The van der Waals surface area contributed by atoms with Crippen LogP contribution in [0.5, 0.6) is 0 Å². The first-order chi connectivity index (χ1) is 12.6. The van der Waals surface area contributed by atoms with Gasteiger partial charge in [-0.1, -0.05) is 23.7 Å². The summed E-state index contributed by atoms with van der Waals surface area (Å²) >= 11 is 7.61. The summed E-state index contributed by atoms with van der Waals surface area (Å²) in [5.41, 5.74) is 2.65. The van der Waals surface area contributed by atoms with Crippen LogP contribution in [0, 0.1) is 0 Å². The Morgan fingerprint density at radius 1 is 1.23 bits per heavy atom. The summed E-state index contributed by atoms with van der Waals surface area (Å²) in [4.78, 5) is 21.0. The Bertz CT molecular complexity index is 1000. The summed E-state index contributed by atoms with van der Waals surface area (Å²) in [6.07, 6.45) is 5.26. The molecule has 2 heterocycles. The van der Waals surface area contributed by atoms with E-state index in [0.29, 0.717) is 5.02 Å². The third-order valence-electron chi connectivity index (χ3n) is 5.41. The third kappa shape index (κ3) is 2.34. The van der Waals surface area contributed by atoms with Crippen molar-refractivity contribution in [2.24, 2.45) is 0 Å². The Kier molecular flexibility index (Phi) is 3.52. The van der Waals surface area contributed by atoms with E-state index in [4.69, 9.17) is 21.0 Å². The topological polar surface area (TPSA) is 46.3 Å². The number of furan rings is 1. The van der Waals surface area contributed by atoms with Crippen LogP contribution in [0.4, 0.5) is 5.13 Å². The van der Waals surface area contributed by atoms with Crippen LogP contribution in [-0.2, 0) is 23.1 Å². The van der Waals surface area contributed by atoms with E-state index in [0.717, 1.165) is 53.4 Å². The predicted molar refractivity (Wildman–Crippen MR) is 103 cm³/mol. The van der Waals surface area contributed by atoms with E-state index in [2.05, 4.69) is 0 Å². The number of hydrogen-bond acceptors (Lipinski definition) is 4. The van der Waals surface area contributed by atoms with Crippen molar-refractivity contribution in [1.29, 1.82) is 0 Å². The summed E-state index contributed by atoms with van der Waals surface area (Å²) in [5.74, 6) is 1.10. The maximum atomic E-state index is 13.3. The molecule has 5 rings (SSSR count). The molecule has 0 aliphatic heterocycles. The number of carbonyl (C=O) groups excluding carboxylic acids is 1. The number of rotatable bonds is 3. The van der Waals surface area contributed by atoms with Crippen molar-refractivity contribution in [2.45, 2.75) is 31.1 Å². The minimum Gasteiger partial charge on any atom is -0.469 e. The number of likely N-dealkylation sites (N-methyl/N-ethyl adjacent to an activating group) is 1. The molecule has 2 aliphatic rings. The quantitative estimate of drug-likeness (QED) is 0.648. The number of hydrogen-bond donors (Lipinski definition) is 0. The highest BCUT2D eigenvalue weighted by atomic mass is 35.5. The second-order valence-electron chi connectivity index (χ2n) is 6.98. The summed E-state index contributed by atoms with van der Waals surface area (Å²) < 4.78 is 5.54. The number of halogens is 1. The van der Waals surface area contributed by atoms with E-state index in [-0.39, 0.29) is 5.91 Å². The molecule has 0 bridgehead atoms. The lowest BCUT2D eigenvalue weighted by Gasteiger charge is -2.21. The average molecular weight is 385 g/mol. The van der Waals surface area contributed by atoms with Gasteiger partial charge in [0.1, 0.15) is 5.76 Å². The minimum atomic E-state index is -0.424. The molecule has 6 heteroatoms. The molecule has 1 aromatic carbocycles. The Hall–Kier alpha value is -2.11. The van der Waals surface area contributed by atoms with E-state index < -0.39 is 5.41 Å². The summed E-state index contributed by atoms with van der Waals surface area (Å²) in [6, 6.07) is 9.60. The van der Waals surface area contributed by atoms with Gasteiger partial charge in [0.25, 0.3) is 0 Å². The fourth-order valence-electron chi connectivity index (χ4n) is 3.76. The first kappa shape index (κ1) is 16.1. The van der Waals surface area contributed by atoms with Gasteiger partial charge in [-0.05, 0) is 43.0 Å². The van der Waals surface area contributed by atoms with E-state index >= 15 is 0 Å². The van der Waals surface area contributed by atoms with Crippen LogP contribution in [-0.4, -0.2) is 17.9 Å². The summed E-state index contributed by atoms with van der Waals surface area (Å²) in [7, 11) is 1.83. The fraction of sp³-hybridized carbons (Fsp3) is 0.300. The van der Waals surface area contributed by atoms with Crippen LogP contribution in [0.25, 0.3) is 11.3 Å². The maximum Gasteiger partial charge on any atom is 0.239 e. The number of aryl methyl sites for hydroxylation is 2. The molecule has 2 aliphatic carbocycles. The molecular formula is C20H17ClN2O2S. The monoisotopic (exact) mass is 384 g/mol. The first-order valence-corrected chi connectivity index (χ1v) is 9.88. The molecule has 0 N–H and O–H groups in total. The number of carbonyl (C=O) groups is 1. The van der Waals surface area contributed by atoms with Crippen molar-refractivity contribution >= 4 is 34.0 Å². The number of fused-ring (bicyclic) bond motifs is 3. The lowest BCUT2D eigenvalue weighted by molar-refractivity contribution is -0.120. The fourth-order valence-corrected chi connectivity index (χ4v) is 4.92. The van der Waals surface area contributed by atoms with Crippen LogP contribution < -0.4 is 4.90 Å². The summed E-state index contributed by atoms with van der Waals surface area (Å²) in [5, 5.41) is 1.45. The Balaban J connectivity index is 1.47. The second kappa shape index (κ2) is 5.69. The van der Waals surface area contributed by atoms with Crippen molar-refractivity contribution in [3.8, 4) is 11.3 Å². The van der Waals surface area contributed by atoms with Crippen molar-refractivity contribution in [3.05, 3.63) is 57.8 Å². The Labute approximate surface area is 160 Å². The van der Waals surface area contributed by atoms with Crippen LogP contribution in [0.15, 0.2) is 41.0 Å². The van der Waals surface area contributed by atoms with Crippen molar-refractivity contribution in [3.63, 3.8) is 0 Å². The number of benzene rings is 1. The average Bonchev–Trinajstić information content (AvgIpc) is 3.12. The zero-order valence-electron chi connectivity index (χ0n) is 14.3. The van der Waals surface area contributed by atoms with Crippen molar-refractivity contribution < 1.29 is 9.21 Å². The molecule has 0 spiro atoms. The first-order valence-electron chi connectivity index (χ1n) is 8.69. The van der Waals surface area contributed by atoms with Gasteiger partial charge in [0.15, 0.2) is 5.13 Å². The molecule has 3 aromatic rings. The highest BCUT2D eigenvalue weighted by Crippen LogP contribution is 2.50. The van der Waals surface area contributed by atoms with E-state index in [1.54, 1.807) is 22.5 Å². The number of anilines is 1. The molecule has 1 amide bonds. The molecule has 0 atom stereocenters. The standard InChI is InChI=1S/C20H17ClN2O2S/c1-23(18(24)20(9-10-20)12-2-4-13(21)5-3-12)19-22-17-14-8-11-25-15(14)6-7-16(17)26-19/h2-5,8,11H,6-7,9-10H2,1H3. The number of amides is 1. The van der Waals surface area contributed by atoms with E-state index in [9.17, 15) is 4.79 Å². The lowest BCUT2D eigenvalue weighted by atomic mass is 9.94. The second-order valence-corrected chi connectivity index (χ2v) is 8.48. The highest BCUT2D eigenvalue weighted by Gasteiger charge is 2.53. The van der Waals surface area contributed by atoms with Crippen molar-refractivity contribution in [2.75, 3.05) is 11.9 Å². The molecule has 4 nitrogen and oxygen atoms in total. The Morgan fingerprint density at radius 3 is 2.73 bits per heavy atom. The van der Waals surface area contributed by atoms with Gasteiger partial charge in [0, 0.05) is 28.9 Å². The lowest BCUT2D eigenvalue weighted by Crippen LogP contribution is -2.36. The van der Waals surface area contributed by atoms with Crippen LogP contribution in [0.1, 0.15) is 29.0 Å². The van der Waals surface area contributed by atoms with Gasteiger partial charge in [-0.2, -0.15) is 0 Å². The van der Waals surface area contributed by atoms with Gasteiger partial charge < -0.3 is 4.42 Å². The molecule has 0 unspecified atom stereocenters. The predicted octanol–water partition coefficient (Wildman–Crippen LogP) is 4.85. The summed E-state index contributed by atoms with van der Waals surface area (Å²) in [6.45, 7) is 0. The normalized spacial score (nSPS) is 16.7. The third-order valence-corrected chi connectivity index (χ3v) is 6.86. The molecule has 1 fully saturated rings. The smallest absolute Gasteiger partial charge is 0.239 e. The van der Waals surface area contributed by atoms with E-state index in [1.807, 2.05) is 37.4 Å². The van der Waals surface area contributed by atoms with Gasteiger partial charge in [-0.15, -0.1) is 11.3 Å². The maximum absolute atomic E-state index is 13.3. The van der Waals surface area contributed by atoms with Gasteiger partial charge in [0.05, 0.1) is 17.4 Å². The van der Waals surface area contributed by atoms with Crippen LogP contribution >= 0.6 is 22.9 Å². The van der Waals surface area contributed by atoms with E-state index in [1.165, 1.54) is 4.88 Å². The molecule has 0 saturated heterocycles. The number of aromatic nitrogens is 1. The molecule has 132 valence electrons. The van der Waals surface area contributed by atoms with Gasteiger partial charge in [-0.3, -0.25) is 9.69 Å². The molecule has 1 saturated carbocycles. The largest absolute Gasteiger partial charge is 0.469 e. The molecule has 0 radical (unpaired) electrons. The zero-order valence-corrected chi connectivity index (χ0v) is 15.9. The van der Waals surface area contributed by atoms with Crippen LogP contribution in [0.3, 0.4) is 0 Å². The molecule has 2 aromatic heterocycles. The SMILES string of the molecule is CN(C(=O)C1(c2ccc(Cl)cc2)CC1)c1nc2c(s1)CCc1occc1-2. The van der Waals surface area contributed by atoms with Crippen LogP contribution in [0.2, 0.25) is 5.02 Å². The Morgan fingerprint density at radius 2 is 2.00 bits per heavy atom. The molecular weight excluding hydrogens is 368 g/mol. The number of thiazole rings is 1. The zero-order chi connectivity index (χ0) is 17.9. The molecule has 26 heavy (non-hydrogen) atoms.